The molecule has 0 saturated carbocycles. The van der Waals surface area contributed by atoms with Gasteiger partial charge in [-0.3, -0.25) is 4.57 Å². The van der Waals surface area contributed by atoms with E-state index in [1.165, 1.54) is 4.57 Å². The molecule has 18 heavy (non-hydrogen) atoms. The molecule has 0 bridgehead atoms. The van der Waals surface area contributed by atoms with Gasteiger partial charge in [0.15, 0.2) is 5.58 Å². The van der Waals surface area contributed by atoms with E-state index in [4.69, 9.17) is 10.2 Å². The number of nitrogens with zero attached hydrogens (tertiary/aromatic N) is 1. The van der Waals surface area contributed by atoms with Gasteiger partial charge in [-0.2, -0.15) is 0 Å². The van der Waals surface area contributed by atoms with Gasteiger partial charge < -0.3 is 15.5 Å². The minimum absolute atomic E-state index is 0.327. The van der Waals surface area contributed by atoms with Crippen LogP contribution in [-0.2, 0) is 13.6 Å². The van der Waals surface area contributed by atoms with Crippen LogP contribution >= 0.6 is 0 Å². The normalized spacial score (nSPS) is 13.1. The Labute approximate surface area is 106 Å². The fraction of sp³-hybridized carbons (Fsp3) is 0.462. The highest BCUT2D eigenvalue weighted by molar-refractivity contribution is 5.73. The largest absolute Gasteiger partial charge is 0.419 e. The molecule has 5 nitrogen and oxygen atoms in total. The van der Waals surface area contributed by atoms with Crippen LogP contribution in [0.3, 0.4) is 0 Å². The molecule has 0 fully saturated rings. The molecule has 0 aliphatic heterocycles. The quantitative estimate of drug-likeness (QED) is 0.822. The highest BCUT2D eigenvalue weighted by atomic mass is 16.4. The summed E-state index contributed by atoms with van der Waals surface area (Å²) in [5.41, 5.74) is 8.14. The van der Waals surface area contributed by atoms with Crippen LogP contribution in [0.25, 0.3) is 11.1 Å². The van der Waals surface area contributed by atoms with Gasteiger partial charge in [-0.1, -0.05) is 13.0 Å². The Bertz CT molecular complexity index is 585. The Kier molecular flexibility index (Phi) is 3.84. The molecule has 5 heteroatoms. The Morgan fingerprint density at radius 3 is 3.00 bits per heavy atom. The number of benzene rings is 1. The molecule has 0 aliphatic carbocycles. The summed E-state index contributed by atoms with van der Waals surface area (Å²) in [4.78, 5) is 11.4. The Morgan fingerprint density at radius 1 is 1.50 bits per heavy atom. The van der Waals surface area contributed by atoms with E-state index in [1.54, 1.807) is 7.05 Å². The molecule has 0 radical (unpaired) electrons. The number of hydrogen-bond acceptors (Lipinski definition) is 4. The van der Waals surface area contributed by atoms with E-state index in [0.29, 0.717) is 18.0 Å². The van der Waals surface area contributed by atoms with Crippen molar-refractivity contribution in [3.8, 4) is 0 Å². The van der Waals surface area contributed by atoms with E-state index in [0.717, 1.165) is 24.2 Å². The lowest BCUT2D eigenvalue weighted by Crippen LogP contribution is -2.25. The average molecular weight is 249 g/mol. The van der Waals surface area contributed by atoms with Crippen molar-refractivity contribution < 1.29 is 4.42 Å². The van der Waals surface area contributed by atoms with E-state index in [9.17, 15) is 4.79 Å². The zero-order valence-electron chi connectivity index (χ0n) is 10.8. The summed E-state index contributed by atoms with van der Waals surface area (Å²) in [5, 5.41) is 3.35. The van der Waals surface area contributed by atoms with E-state index < -0.39 is 0 Å². The van der Waals surface area contributed by atoms with Gasteiger partial charge in [0.05, 0.1) is 5.52 Å². The molecule has 1 aromatic carbocycles. The first kappa shape index (κ1) is 12.9. The lowest BCUT2D eigenvalue weighted by Gasteiger charge is -2.09. The van der Waals surface area contributed by atoms with Crippen LogP contribution in [0.2, 0.25) is 0 Å². The SMILES string of the molecule is CC(CN)CNCc1ccc2oc(=O)n(C)c2c1. The van der Waals surface area contributed by atoms with Crippen LogP contribution in [0.4, 0.5) is 0 Å². The number of aryl methyl sites for hydroxylation is 1. The zero-order valence-corrected chi connectivity index (χ0v) is 10.8. The summed E-state index contributed by atoms with van der Waals surface area (Å²) in [6.45, 7) is 4.44. The maximum atomic E-state index is 11.4. The van der Waals surface area contributed by atoms with Crippen LogP contribution < -0.4 is 16.8 Å². The predicted octanol–water partition coefficient (Wildman–Crippen LogP) is 0.816. The number of fused-ring (bicyclic) bond motifs is 1. The van der Waals surface area contributed by atoms with Crippen molar-refractivity contribution in [2.24, 2.45) is 18.7 Å². The smallest absolute Gasteiger partial charge is 0.408 e. The number of nitrogens with one attached hydrogen (secondary N) is 1. The third-order valence-electron chi connectivity index (χ3n) is 3.08. The second-order valence-electron chi connectivity index (χ2n) is 4.70. The van der Waals surface area contributed by atoms with Gasteiger partial charge in [0.25, 0.3) is 0 Å². The van der Waals surface area contributed by atoms with Crippen molar-refractivity contribution in [3.05, 3.63) is 34.3 Å². The van der Waals surface area contributed by atoms with Gasteiger partial charge in [0.1, 0.15) is 0 Å². The molecule has 0 spiro atoms. The minimum Gasteiger partial charge on any atom is -0.408 e. The minimum atomic E-state index is -0.327. The highest BCUT2D eigenvalue weighted by Gasteiger charge is 2.06. The topological polar surface area (TPSA) is 73.2 Å². The number of nitrogens with two attached hydrogens (primary N) is 1. The maximum absolute atomic E-state index is 11.4. The Morgan fingerprint density at radius 2 is 2.28 bits per heavy atom. The van der Waals surface area contributed by atoms with Gasteiger partial charge >= 0.3 is 5.76 Å². The Balaban J connectivity index is 2.10. The summed E-state index contributed by atoms with van der Waals surface area (Å²) in [5.74, 6) is 0.138. The van der Waals surface area contributed by atoms with Gasteiger partial charge in [-0.05, 0) is 36.7 Å². The average Bonchev–Trinajstić information content (AvgIpc) is 2.65. The van der Waals surface area contributed by atoms with Crippen molar-refractivity contribution in [1.29, 1.82) is 0 Å². The van der Waals surface area contributed by atoms with Crippen molar-refractivity contribution in [1.82, 2.24) is 9.88 Å². The molecular formula is C13H19N3O2. The van der Waals surface area contributed by atoms with Crippen LogP contribution in [0, 0.1) is 5.92 Å². The predicted molar refractivity (Wildman–Crippen MR) is 71.4 cm³/mol. The third-order valence-corrected chi connectivity index (χ3v) is 3.08. The van der Waals surface area contributed by atoms with Crippen LogP contribution in [0.15, 0.2) is 27.4 Å². The fourth-order valence-electron chi connectivity index (χ4n) is 1.83. The molecule has 0 amide bonds. The molecule has 0 saturated heterocycles. The molecule has 2 rings (SSSR count). The first-order valence-electron chi connectivity index (χ1n) is 6.11. The molecule has 1 atom stereocenters. The van der Waals surface area contributed by atoms with Gasteiger partial charge in [-0.25, -0.2) is 4.79 Å². The fourth-order valence-corrected chi connectivity index (χ4v) is 1.83. The zero-order chi connectivity index (χ0) is 13.1. The summed E-state index contributed by atoms with van der Waals surface area (Å²) in [6, 6.07) is 5.77. The molecule has 2 aromatic rings. The molecule has 0 aliphatic rings. The van der Waals surface area contributed by atoms with Crippen molar-refractivity contribution >= 4 is 11.1 Å². The molecule has 98 valence electrons. The number of aromatic nitrogens is 1. The first-order chi connectivity index (χ1) is 8.61. The van der Waals surface area contributed by atoms with Gasteiger partial charge in [-0.15, -0.1) is 0 Å². The van der Waals surface area contributed by atoms with Crippen molar-refractivity contribution in [2.75, 3.05) is 13.1 Å². The van der Waals surface area contributed by atoms with E-state index >= 15 is 0 Å². The van der Waals surface area contributed by atoms with Crippen LogP contribution in [0.1, 0.15) is 12.5 Å². The Hall–Kier alpha value is -1.59. The summed E-state index contributed by atoms with van der Waals surface area (Å²) in [6.07, 6.45) is 0. The molecule has 1 unspecified atom stereocenters. The lowest BCUT2D eigenvalue weighted by molar-refractivity contribution is 0.522. The van der Waals surface area contributed by atoms with E-state index in [1.807, 2.05) is 18.2 Å². The monoisotopic (exact) mass is 249 g/mol. The summed E-state index contributed by atoms with van der Waals surface area (Å²) < 4.78 is 6.60. The second kappa shape index (κ2) is 5.37. The number of oxazole rings is 1. The van der Waals surface area contributed by atoms with Crippen LogP contribution in [-0.4, -0.2) is 17.7 Å². The number of hydrogen-bond donors (Lipinski definition) is 2. The van der Waals surface area contributed by atoms with Crippen molar-refractivity contribution in [2.45, 2.75) is 13.5 Å². The molecule has 3 N–H and O–H groups in total. The standard InChI is InChI=1S/C13H19N3O2/c1-9(6-14)7-15-8-10-3-4-12-11(5-10)16(2)13(17)18-12/h3-5,9,15H,6-8,14H2,1-2H3. The lowest BCUT2D eigenvalue weighted by atomic mass is 10.1. The molecule has 1 aromatic heterocycles. The molecule has 1 heterocycles. The van der Waals surface area contributed by atoms with E-state index in [-0.39, 0.29) is 5.76 Å². The molecular weight excluding hydrogens is 230 g/mol. The van der Waals surface area contributed by atoms with Crippen LogP contribution in [0.5, 0.6) is 0 Å². The van der Waals surface area contributed by atoms with Gasteiger partial charge in [0.2, 0.25) is 0 Å². The first-order valence-corrected chi connectivity index (χ1v) is 6.11. The maximum Gasteiger partial charge on any atom is 0.419 e. The van der Waals surface area contributed by atoms with Gasteiger partial charge in [0, 0.05) is 13.6 Å². The highest BCUT2D eigenvalue weighted by Crippen LogP contribution is 2.14. The summed E-state index contributed by atoms with van der Waals surface area (Å²) in [7, 11) is 1.71. The third kappa shape index (κ3) is 2.63. The van der Waals surface area contributed by atoms with E-state index in [2.05, 4.69) is 12.2 Å². The number of rotatable bonds is 5. The second-order valence-corrected chi connectivity index (χ2v) is 4.70. The summed E-state index contributed by atoms with van der Waals surface area (Å²) >= 11 is 0. The van der Waals surface area contributed by atoms with Crippen molar-refractivity contribution in [3.63, 3.8) is 0 Å².